The van der Waals surface area contributed by atoms with Gasteiger partial charge in [0.2, 0.25) is 10.0 Å². The van der Waals surface area contributed by atoms with Crippen molar-refractivity contribution in [1.82, 2.24) is 4.72 Å². The normalized spacial score (nSPS) is 16.9. The molecular weight excluding hydrogens is 268 g/mol. The molecule has 0 spiro atoms. The van der Waals surface area contributed by atoms with Crippen LogP contribution in [0, 0.1) is 5.41 Å². The lowest BCUT2D eigenvalue weighted by Crippen LogP contribution is -2.24. The van der Waals surface area contributed by atoms with E-state index in [1.165, 1.54) is 19.2 Å². The van der Waals surface area contributed by atoms with Crippen LogP contribution in [0.3, 0.4) is 0 Å². The van der Waals surface area contributed by atoms with Gasteiger partial charge in [0.15, 0.2) is 0 Å². The summed E-state index contributed by atoms with van der Waals surface area (Å²) < 4.78 is 25.3. The molecule has 104 valence electrons. The number of rotatable bonds is 6. The first-order valence-electron chi connectivity index (χ1n) is 5.90. The molecule has 1 aromatic rings. The van der Waals surface area contributed by atoms with Crippen LogP contribution in [0.2, 0.25) is 0 Å². The highest BCUT2D eigenvalue weighted by molar-refractivity contribution is 7.89. The van der Waals surface area contributed by atoms with Crippen molar-refractivity contribution in [2.75, 3.05) is 18.9 Å². The average molecular weight is 284 g/mol. The van der Waals surface area contributed by atoms with Crippen LogP contribution < -0.4 is 10.0 Å². The van der Waals surface area contributed by atoms with Gasteiger partial charge in [-0.1, -0.05) is 0 Å². The maximum atomic E-state index is 11.5. The summed E-state index contributed by atoms with van der Waals surface area (Å²) in [6, 6.07) is 6.22. The molecule has 1 aliphatic rings. The summed E-state index contributed by atoms with van der Waals surface area (Å²) in [5, 5.41) is 12.1. The predicted octanol–water partition coefficient (Wildman–Crippen LogP) is 0.871. The molecule has 0 radical (unpaired) electrons. The second-order valence-electron chi connectivity index (χ2n) is 4.67. The third-order valence-electron chi connectivity index (χ3n) is 3.37. The zero-order valence-electron chi connectivity index (χ0n) is 10.5. The highest BCUT2D eigenvalue weighted by atomic mass is 32.2. The van der Waals surface area contributed by atoms with Gasteiger partial charge in [0.05, 0.1) is 10.3 Å². The van der Waals surface area contributed by atoms with Crippen molar-refractivity contribution in [3.05, 3.63) is 24.3 Å². The first-order chi connectivity index (χ1) is 8.89. The Kier molecular flexibility index (Phi) is 3.51. The van der Waals surface area contributed by atoms with E-state index in [-0.39, 0.29) is 4.90 Å². The lowest BCUT2D eigenvalue weighted by molar-refractivity contribution is -0.142. The summed E-state index contributed by atoms with van der Waals surface area (Å²) >= 11 is 0. The molecule has 1 aliphatic carbocycles. The summed E-state index contributed by atoms with van der Waals surface area (Å²) in [7, 11) is -2.08. The van der Waals surface area contributed by atoms with Crippen molar-refractivity contribution in [2.45, 2.75) is 17.7 Å². The number of nitrogens with one attached hydrogen (secondary N) is 2. The van der Waals surface area contributed by atoms with E-state index in [1.54, 1.807) is 12.1 Å². The van der Waals surface area contributed by atoms with E-state index in [1.807, 2.05) is 0 Å². The van der Waals surface area contributed by atoms with Crippen LogP contribution in [-0.2, 0) is 14.8 Å². The van der Waals surface area contributed by atoms with Gasteiger partial charge in [-0.15, -0.1) is 0 Å². The molecule has 1 saturated carbocycles. The Morgan fingerprint density at radius 2 is 1.89 bits per heavy atom. The lowest BCUT2D eigenvalue weighted by Gasteiger charge is -2.12. The largest absolute Gasteiger partial charge is 0.481 e. The highest BCUT2D eigenvalue weighted by Crippen LogP contribution is 2.45. The number of hydrogen-bond donors (Lipinski definition) is 3. The number of sulfonamides is 1. The first-order valence-corrected chi connectivity index (χ1v) is 7.39. The summed E-state index contributed by atoms with van der Waals surface area (Å²) in [6.45, 7) is 0.362. The molecule has 0 aliphatic heterocycles. The van der Waals surface area contributed by atoms with Gasteiger partial charge in [0.25, 0.3) is 0 Å². The first kappa shape index (κ1) is 13.8. The fraction of sp³-hybridized carbons (Fsp3) is 0.417. The van der Waals surface area contributed by atoms with Crippen LogP contribution >= 0.6 is 0 Å². The highest BCUT2D eigenvalue weighted by Gasteiger charge is 2.49. The molecular formula is C12H16N2O4S. The fourth-order valence-corrected chi connectivity index (χ4v) is 2.49. The van der Waals surface area contributed by atoms with E-state index >= 15 is 0 Å². The van der Waals surface area contributed by atoms with Gasteiger partial charge in [-0.3, -0.25) is 4.79 Å². The summed E-state index contributed by atoms with van der Waals surface area (Å²) in [5.74, 6) is -0.783. The zero-order valence-corrected chi connectivity index (χ0v) is 11.3. The lowest BCUT2D eigenvalue weighted by atomic mass is 10.1. The topological polar surface area (TPSA) is 95.5 Å². The Balaban J connectivity index is 2.02. The Bertz CT molecular complexity index is 576. The molecule has 0 aromatic heterocycles. The van der Waals surface area contributed by atoms with E-state index in [0.29, 0.717) is 25.1 Å². The Labute approximate surface area is 111 Å². The van der Waals surface area contributed by atoms with Crippen LogP contribution in [0.5, 0.6) is 0 Å². The standard InChI is InChI=1S/C12H16N2O4S/c1-13-19(17,18)10-4-2-9(3-5-10)14-8-12(6-7-12)11(15)16/h2-5,13-14H,6-8H2,1H3,(H,15,16). The number of anilines is 1. The zero-order chi connectivity index (χ0) is 14.1. The van der Waals surface area contributed by atoms with E-state index in [0.717, 1.165) is 0 Å². The van der Waals surface area contributed by atoms with E-state index in [4.69, 9.17) is 5.11 Å². The molecule has 0 atom stereocenters. The summed E-state index contributed by atoms with van der Waals surface area (Å²) in [5.41, 5.74) is 0.0676. The number of carbonyl (C=O) groups is 1. The van der Waals surface area contributed by atoms with Crippen molar-refractivity contribution in [2.24, 2.45) is 5.41 Å². The van der Waals surface area contributed by atoms with Crippen LogP contribution in [0.1, 0.15) is 12.8 Å². The van der Waals surface area contributed by atoms with Crippen molar-refractivity contribution in [3.63, 3.8) is 0 Å². The van der Waals surface area contributed by atoms with E-state index in [2.05, 4.69) is 10.0 Å². The third kappa shape index (κ3) is 2.87. The Morgan fingerprint density at radius 3 is 2.32 bits per heavy atom. The Morgan fingerprint density at radius 1 is 1.32 bits per heavy atom. The maximum absolute atomic E-state index is 11.5. The van der Waals surface area contributed by atoms with Crippen LogP contribution in [-0.4, -0.2) is 33.1 Å². The van der Waals surface area contributed by atoms with Gasteiger partial charge < -0.3 is 10.4 Å². The van der Waals surface area contributed by atoms with Crippen molar-refractivity contribution in [1.29, 1.82) is 0 Å². The van der Waals surface area contributed by atoms with Crippen molar-refractivity contribution in [3.8, 4) is 0 Å². The summed E-state index contributed by atoms with van der Waals surface area (Å²) in [4.78, 5) is 11.2. The van der Waals surface area contributed by atoms with Crippen LogP contribution in [0.15, 0.2) is 29.2 Å². The molecule has 0 unspecified atom stereocenters. The molecule has 1 aromatic carbocycles. The molecule has 0 heterocycles. The van der Waals surface area contributed by atoms with Crippen molar-refractivity contribution < 1.29 is 18.3 Å². The van der Waals surface area contributed by atoms with Crippen LogP contribution in [0.4, 0.5) is 5.69 Å². The number of hydrogen-bond acceptors (Lipinski definition) is 4. The fourth-order valence-electron chi connectivity index (χ4n) is 1.76. The second-order valence-corrected chi connectivity index (χ2v) is 6.56. The van der Waals surface area contributed by atoms with Crippen LogP contribution in [0.25, 0.3) is 0 Å². The van der Waals surface area contributed by atoms with E-state index in [9.17, 15) is 13.2 Å². The second kappa shape index (κ2) is 4.82. The molecule has 19 heavy (non-hydrogen) atoms. The molecule has 1 fully saturated rings. The maximum Gasteiger partial charge on any atom is 0.311 e. The molecule has 0 bridgehead atoms. The van der Waals surface area contributed by atoms with Gasteiger partial charge in [-0.05, 0) is 44.2 Å². The SMILES string of the molecule is CNS(=O)(=O)c1ccc(NCC2(C(=O)O)CC2)cc1. The smallest absolute Gasteiger partial charge is 0.311 e. The number of aliphatic carboxylic acids is 1. The minimum Gasteiger partial charge on any atom is -0.481 e. The van der Waals surface area contributed by atoms with Gasteiger partial charge in [-0.25, -0.2) is 13.1 Å². The van der Waals surface area contributed by atoms with Gasteiger partial charge >= 0.3 is 5.97 Å². The molecule has 7 heteroatoms. The number of carboxylic acid groups (broad SMARTS) is 1. The summed E-state index contributed by atoms with van der Waals surface area (Å²) in [6.07, 6.45) is 1.36. The van der Waals surface area contributed by atoms with Crippen molar-refractivity contribution >= 4 is 21.7 Å². The predicted molar refractivity (Wildman–Crippen MR) is 70.5 cm³/mol. The molecule has 0 amide bonds. The van der Waals surface area contributed by atoms with Gasteiger partial charge in [0, 0.05) is 12.2 Å². The minimum absolute atomic E-state index is 0.180. The Hall–Kier alpha value is -1.60. The molecule has 2 rings (SSSR count). The molecule has 3 N–H and O–H groups in total. The third-order valence-corrected chi connectivity index (χ3v) is 4.80. The monoisotopic (exact) mass is 284 g/mol. The van der Waals surface area contributed by atoms with Gasteiger partial charge in [0.1, 0.15) is 0 Å². The molecule has 0 saturated heterocycles. The quantitative estimate of drug-likeness (QED) is 0.720. The molecule has 6 nitrogen and oxygen atoms in total. The average Bonchev–Trinajstić information content (AvgIpc) is 3.18. The number of benzene rings is 1. The van der Waals surface area contributed by atoms with E-state index < -0.39 is 21.4 Å². The van der Waals surface area contributed by atoms with Gasteiger partial charge in [-0.2, -0.15) is 0 Å². The minimum atomic E-state index is -3.43. The number of carboxylic acids is 1.